The van der Waals surface area contributed by atoms with Gasteiger partial charge in [-0.15, -0.1) is 0 Å². The van der Waals surface area contributed by atoms with Crippen molar-refractivity contribution < 1.29 is 13.5 Å². The van der Waals surface area contributed by atoms with Gasteiger partial charge in [-0.05, 0) is 38.8 Å². The number of aliphatic hydroxyl groups is 1. The Morgan fingerprint density at radius 3 is 2.47 bits per heavy atom. The van der Waals surface area contributed by atoms with Gasteiger partial charge >= 0.3 is 0 Å². The molecule has 0 aromatic carbocycles. The van der Waals surface area contributed by atoms with Crippen LogP contribution in [-0.2, 0) is 9.84 Å². The second-order valence-electron chi connectivity index (χ2n) is 6.09. The maximum absolute atomic E-state index is 11.6. The molecule has 2 aliphatic rings. The first-order valence-electron chi connectivity index (χ1n) is 7.19. The van der Waals surface area contributed by atoms with Gasteiger partial charge in [-0.1, -0.05) is 6.92 Å². The molecule has 1 heterocycles. The molecule has 112 valence electrons. The monoisotopic (exact) mass is 290 g/mol. The van der Waals surface area contributed by atoms with Crippen LogP contribution >= 0.6 is 0 Å². The average molecular weight is 290 g/mol. The summed E-state index contributed by atoms with van der Waals surface area (Å²) in [4.78, 5) is 2.13. The molecular formula is C13H26N2O3S. The molecule has 2 atom stereocenters. The van der Waals surface area contributed by atoms with Crippen LogP contribution in [-0.4, -0.2) is 68.3 Å². The number of hydrogen-bond donors (Lipinski definition) is 2. The molecule has 2 rings (SSSR count). The number of likely N-dealkylation sites (N-methyl/N-ethyl adjacent to an activating group) is 2. The van der Waals surface area contributed by atoms with Crippen molar-refractivity contribution in [1.29, 1.82) is 0 Å². The predicted octanol–water partition coefficient (Wildman–Crippen LogP) is -0.144. The zero-order valence-corrected chi connectivity index (χ0v) is 12.7. The number of hydrogen-bond acceptors (Lipinski definition) is 5. The van der Waals surface area contributed by atoms with Crippen LogP contribution in [0.5, 0.6) is 0 Å². The summed E-state index contributed by atoms with van der Waals surface area (Å²) in [5, 5.41) is 13.2. The van der Waals surface area contributed by atoms with Crippen LogP contribution < -0.4 is 5.32 Å². The molecule has 0 spiro atoms. The van der Waals surface area contributed by atoms with Crippen LogP contribution in [0.2, 0.25) is 0 Å². The average Bonchev–Trinajstić information content (AvgIpc) is 3.13. The lowest BCUT2D eigenvalue weighted by Crippen LogP contribution is -2.58. The standard InChI is InChI=1S/C13H26N2O3S/c1-3-14-13(10-16,11-4-5-11)9-15(2)12-6-7-19(17,18)8-12/h11-12,14,16H,3-10H2,1-2H3. The molecule has 0 radical (unpaired) electrons. The van der Waals surface area contributed by atoms with E-state index in [1.165, 1.54) is 0 Å². The van der Waals surface area contributed by atoms with Crippen molar-refractivity contribution in [3.63, 3.8) is 0 Å². The van der Waals surface area contributed by atoms with Crippen LogP contribution in [0.1, 0.15) is 26.2 Å². The van der Waals surface area contributed by atoms with Gasteiger partial charge in [0.25, 0.3) is 0 Å². The van der Waals surface area contributed by atoms with Gasteiger partial charge in [0.2, 0.25) is 0 Å². The van der Waals surface area contributed by atoms with Gasteiger partial charge in [-0.3, -0.25) is 0 Å². The highest BCUT2D eigenvalue weighted by Crippen LogP contribution is 2.40. The second-order valence-corrected chi connectivity index (χ2v) is 8.32. The fourth-order valence-corrected chi connectivity index (χ4v) is 5.05. The zero-order chi connectivity index (χ0) is 14.1. The topological polar surface area (TPSA) is 69.6 Å². The summed E-state index contributed by atoms with van der Waals surface area (Å²) in [7, 11) is -0.862. The lowest BCUT2D eigenvalue weighted by Gasteiger charge is -2.38. The summed E-state index contributed by atoms with van der Waals surface area (Å²) in [6.07, 6.45) is 3.03. The fourth-order valence-electron chi connectivity index (χ4n) is 3.25. The number of sulfone groups is 1. The Morgan fingerprint density at radius 2 is 2.05 bits per heavy atom. The normalized spacial score (nSPS) is 29.6. The van der Waals surface area contributed by atoms with Crippen molar-refractivity contribution in [3.8, 4) is 0 Å². The molecule has 1 aliphatic heterocycles. The largest absolute Gasteiger partial charge is 0.394 e. The maximum atomic E-state index is 11.6. The summed E-state index contributed by atoms with van der Waals surface area (Å²) < 4.78 is 23.1. The SMILES string of the molecule is CCNC(CO)(CN(C)C1CCS(=O)(=O)C1)C1CC1. The number of rotatable bonds is 7. The summed E-state index contributed by atoms with van der Waals surface area (Å²) in [6, 6.07) is 0.105. The van der Waals surface area contributed by atoms with E-state index in [0.717, 1.165) is 32.4 Å². The number of aliphatic hydroxyl groups excluding tert-OH is 1. The van der Waals surface area contributed by atoms with Gasteiger partial charge < -0.3 is 15.3 Å². The molecule has 0 amide bonds. The van der Waals surface area contributed by atoms with E-state index in [9.17, 15) is 13.5 Å². The van der Waals surface area contributed by atoms with E-state index in [4.69, 9.17) is 0 Å². The van der Waals surface area contributed by atoms with Crippen molar-refractivity contribution in [3.05, 3.63) is 0 Å². The molecule has 0 bridgehead atoms. The smallest absolute Gasteiger partial charge is 0.151 e. The summed E-state index contributed by atoms with van der Waals surface area (Å²) in [6.45, 7) is 3.72. The van der Waals surface area contributed by atoms with E-state index >= 15 is 0 Å². The third-order valence-electron chi connectivity index (χ3n) is 4.53. The van der Waals surface area contributed by atoms with Gasteiger partial charge in [0.1, 0.15) is 0 Å². The van der Waals surface area contributed by atoms with Gasteiger partial charge in [0.15, 0.2) is 9.84 Å². The van der Waals surface area contributed by atoms with Crippen LogP contribution in [0, 0.1) is 5.92 Å². The summed E-state index contributed by atoms with van der Waals surface area (Å²) >= 11 is 0. The molecular weight excluding hydrogens is 264 g/mol. The Bertz CT molecular complexity index is 408. The van der Waals surface area contributed by atoms with E-state index in [1.807, 2.05) is 14.0 Å². The second kappa shape index (κ2) is 5.68. The lowest BCUT2D eigenvalue weighted by molar-refractivity contribution is 0.0893. The molecule has 6 heteroatoms. The van der Waals surface area contributed by atoms with Crippen molar-refractivity contribution in [2.45, 2.75) is 37.8 Å². The molecule has 1 saturated carbocycles. The molecule has 19 heavy (non-hydrogen) atoms. The van der Waals surface area contributed by atoms with E-state index in [0.29, 0.717) is 11.7 Å². The number of nitrogens with zero attached hydrogens (tertiary/aromatic N) is 1. The fraction of sp³-hybridized carbons (Fsp3) is 1.00. The van der Waals surface area contributed by atoms with Gasteiger partial charge in [-0.2, -0.15) is 0 Å². The minimum Gasteiger partial charge on any atom is -0.394 e. The highest BCUT2D eigenvalue weighted by Gasteiger charge is 2.46. The summed E-state index contributed by atoms with van der Waals surface area (Å²) in [5.74, 6) is 1.10. The highest BCUT2D eigenvalue weighted by molar-refractivity contribution is 7.91. The molecule has 5 nitrogen and oxygen atoms in total. The first-order chi connectivity index (χ1) is 8.92. The Balaban J connectivity index is 2.01. The van der Waals surface area contributed by atoms with Crippen molar-refractivity contribution >= 4 is 9.84 Å². The van der Waals surface area contributed by atoms with Crippen molar-refractivity contribution in [2.75, 3.05) is 38.2 Å². The first kappa shape index (κ1) is 15.2. The molecule has 1 aliphatic carbocycles. The predicted molar refractivity (Wildman–Crippen MR) is 75.9 cm³/mol. The zero-order valence-electron chi connectivity index (χ0n) is 11.9. The molecule has 2 fully saturated rings. The molecule has 2 N–H and O–H groups in total. The number of nitrogens with one attached hydrogen (secondary N) is 1. The first-order valence-corrected chi connectivity index (χ1v) is 9.01. The van der Waals surface area contributed by atoms with Crippen molar-refractivity contribution in [1.82, 2.24) is 10.2 Å². The minimum atomic E-state index is -2.84. The summed E-state index contributed by atoms with van der Waals surface area (Å²) in [5.41, 5.74) is -0.254. The van der Waals surface area contributed by atoms with Gasteiger partial charge in [-0.25, -0.2) is 8.42 Å². The maximum Gasteiger partial charge on any atom is 0.151 e. The molecule has 0 aromatic heterocycles. The minimum absolute atomic E-state index is 0.105. The Labute approximate surface area is 116 Å². The Kier molecular flexibility index (Phi) is 4.55. The molecule has 2 unspecified atom stereocenters. The highest BCUT2D eigenvalue weighted by atomic mass is 32.2. The van der Waals surface area contributed by atoms with Crippen LogP contribution in [0.4, 0.5) is 0 Å². The van der Waals surface area contributed by atoms with Crippen LogP contribution in [0.25, 0.3) is 0 Å². The van der Waals surface area contributed by atoms with Gasteiger partial charge in [0.05, 0.1) is 23.7 Å². The van der Waals surface area contributed by atoms with Crippen LogP contribution in [0.15, 0.2) is 0 Å². The lowest BCUT2D eigenvalue weighted by atomic mass is 9.92. The van der Waals surface area contributed by atoms with E-state index < -0.39 is 9.84 Å². The van der Waals surface area contributed by atoms with Crippen molar-refractivity contribution in [2.24, 2.45) is 5.92 Å². The Hall–Kier alpha value is -0.170. The van der Waals surface area contributed by atoms with Gasteiger partial charge in [0, 0.05) is 12.6 Å². The van der Waals surface area contributed by atoms with E-state index in [2.05, 4.69) is 10.2 Å². The Morgan fingerprint density at radius 1 is 1.37 bits per heavy atom. The quantitative estimate of drug-likeness (QED) is 0.683. The van der Waals surface area contributed by atoms with E-state index in [1.54, 1.807) is 0 Å². The third kappa shape index (κ3) is 3.48. The van der Waals surface area contributed by atoms with E-state index in [-0.39, 0.29) is 23.9 Å². The molecule has 0 aromatic rings. The molecule has 1 saturated heterocycles. The van der Waals surface area contributed by atoms with Crippen LogP contribution in [0.3, 0.4) is 0 Å². The third-order valence-corrected chi connectivity index (χ3v) is 6.28.